The molecule has 1 saturated carbocycles. The van der Waals surface area contributed by atoms with Gasteiger partial charge in [-0.15, -0.1) is 0 Å². The Morgan fingerprint density at radius 2 is 1.77 bits per heavy atom. The zero-order valence-corrected chi connectivity index (χ0v) is 17.7. The molecule has 1 N–H and O–H groups in total. The van der Waals surface area contributed by atoms with Crippen LogP contribution in [-0.2, 0) is 16.6 Å². The number of hydrogen-bond donors (Lipinski definition) is 1. The fourth-order valence-electron chi connectivity index (χ4n) is 4.57. The van der Waals surface area contributed by atoms with E-state index in [0.717, 1.165) is 48.2 Å². The maximum atomic E-state index is 12.7. The Hall–Kier alpha value is -2.95. The van der Waals surface area contributed by atoms with Gasteiger partial charge in [-0.2, -0.15) is 0 Å². The minimum Gasteiger partial charge on any atom is -0.493 e. The molecule has 5 nitrogen and oxygen atoms in total. The van der Waals surface area contributed by atoms with Crippen LogP contribution in [0.2, 0.25) is 0 Å². The molecule has 0 saturated heterocycles. The van der Waals surface area contributed by atoms with Crippen molar-refractivity contribution in [3.8, 4) is 11.5 Å². The number of rotatable bonds is 7. The lowest BCUT2D eigenvalue weighted by atomic mass is 9.69. The van der Waals surface area contributed by atoms with Crippen LogP contribution in [0.3, 0.4) is 0 Å². The van der Waals surface area contributed by atoms with Gasteiger partial charge in [-0.25, -0.2) is 0 Å². The van der Waals surface area contributed by atoms with Crippen LogP contribution in [-0.4, -0.2) is 26.7 Å². The van der Waals surface area contributed by atoms with Gasteiger partial charge in [0, 0.05) is 17.3 Å². The van der Waals surface area contributed by atoms with Gasteiger partial charge < -0.3 is 19.2 Å². The van der Waals surface area contributed by atoms with Crippen LogP contribution in [0.25, 0.3) is 11.0 Å². The number of amides is 1. The number of carbonyl (C=O) groups is 1. The summed E-state index contributed by atoms with van der Waals surface area (Å²) in [7, 11) is 3.30. The molecule has 3 aromatic rings. The maximum absolute atomic E-state index is 12.7. The predicted octanol–water partition coefficient (Wildman–Crippen LogP) is 5.01. The largest absolute Gasteiger partial charge is 0.493 e. The lowest BCUT2D eigenvalue weighted by molar-refractivity contribution is -0.121. The molecule has 158 valence electrons. The molecule has 0 bridgehead atoms. The number of furan rings is 1. The second-order valence-corrected chi connectivity index (χ2v) is 8.11. The molecule has 0 radical (unpaired) electrons. The number of nitrogens with one attached hydrogen (secondary N) is 1. The molecule has 1 fully saturated rings. The van der Waals surface area contributed by atoms with Crippen molar-refractivity contribution in [1.82, 2.24) is 5.32 Å². The number of fused-ring (bicyclic) bond motifs is 1. The Morgan fingerprint density at radius 3 is 2.50 bits per heavy atom. The minimum atomic E-state index is -0.0820. The number of ether oxygens (including phenoxy) is 2. The first-order chi connectivity index (χ1) is 14.6. The standard InChI is InChI=1S/C25H29NO4/c1-28-22-11-10-19(15-23(22)29-2)25(12-6-3-7-13-25)17-26-24(27)16-20-14-18-8-4-5-9-21(18)30-20/h4-5,8-11,14-15H,3,6-7,12-13,16-17H2,1-2H3,(H,26,27). The summed E-state index contributed by atoms with van der Waals surface area (Å²) in [6, 6.07) is 15.9. The van der Waals surface area contributed by atoms with Gasteiger partial charge in [-0.1, -0.05) is 43.5 Å². The molecule has 1 aliphatic rings. The van der Waals surface area contributed by atoms with Gasteiger partial charge in [0.2, 0.25) is 5.91 Å². The van der Waals surface area contributed by atoms with E-state index in [-0.39, 0.29) is 17.7 Å². The molecule has 0 spiro atoms. The molecule has 2 aromatic carbocycles. The Bertz CT molecular complexity index is 984. The average molecular weight is 408 g/mol. The topological polar surface area (TPSA) is 60.7 Å². The van der Waals surface area contributed by atoms with E-state index in [0.29, 0.717) is 12.3 Å². The first kappa shape index (κ1) is 20.3. The molecule has 1 amide bonds. The summed E-state index contributed by atoms with van der Waals surface area (Å²) >= 11 is 0. The lowest BCUT2D eigenvalue weighted by Crippen LogP contribution is -2.42. The Labute approximate surface area is 177 Å². The highest BCUT2D eigenvalue weighted by Crippen LogP contribution is 2.42. The van der Waals surface area contributed by atoms with Crippen molar-refractivity contribution in [2.75, 3.05) is 20.8 Å². The van der Waals surface area contributed by atoms with Crippen molar-refractivity contribution in [3.63, 3.8) is 0 Å². The number of hydrogen-bond acceptors (Lipinski definition) is 4. The zero-order chi connectivity index (χ0) is 21.0. The summed E-state index contributed by atoms with van der Waals surface area (Å²) in [6.07, 6.45) is 5.90. The molecule has 0 aliphatic heterocycles. The fourth-order valence-corrected chi connectivity index (χ4v) is 4.57. The number of para-hydroxylation sites is 1. The quantitative estimate of drug-likeness (QED) is 0.598. The highest BCUT2D eigenvalue weighted by atomic mass is 16.5. The first-order valence-electron chi connectivity index (χ1n) is 10.6. The van der Waals surface area contributed by atoms with Gasteiger partial charge in [-0.05, 0) is 42.7 Å². The van der Waals surface area contributed by atoms with E-state index in [4.69, 9.17) is 13.9 Å². The second-order valence-electron chi connectivity index (χ2n) is 8.11. The monoisotopic (exact) mass is 407 g/mol. The SMILES string of the molecule is COc1ccc(C2(CNC(=O)Cc3cc4ccccc4o3)CCCCC2)cc1OC. The second kappa shape index (κ2) is 8.82. The third-order valence-corrected chi connectivity index (χ3v) is 6.24. The van der Waals surface area contributed by atoms with Crippen LogP contribution in [0.15, 0.2) is 52.9 Å². The third-order valence-electron chi connectivity index (χ3n) is 6.24. The van der Waals surface area contributed by atoms with E-state index in [2.05, 4.69) is 17.4 Å². The van der Waals surface area contributed by atoms with Gasteiger partial charge in [0.15, 0.2) is 11.5 Å². The molecular formula is C25H29NO4. The van der Waals surface area contributed by atoms with Crippen LogP contribution in [0, 0.1) is 0 Å². The van der Waals surface area contributed by atoms with Crippen LogP contribution in [0.1, 0.15) is 43.4 Å². The molecule has 0 unspecified atom stereocenters. The Morgan fingerprint density at radius 1 is 1.00 bits per heavy atom. The minimum absolute atomic E-state index is 0.0144. The normalized spacial score (nSPS) is 15.7. The molecule has 1 aromatic heterocycles. The van der Waals surface area contributed by atoms with E-state index >= 15 is 0 Å². The van der Waals surface area contributed by atoms with Crippen molar-refractivity contribution < 1.29 is 18.7 Å². The van der Waals surface area contributed by atoms with E-state index in [9.17, 15) is 4.79 Å². The van der Waals surface area contributed by atoms with Crippen molar-refractivity contribution in [3.05, 3.63) is 59.9 Å². The molecule has 5 heteroatoms. The number of methoxy groups -OCH3 is 2. The number of benzene rings is 2. The summed E-state index contributed by atoms with van der Waals surface area (Å²) in [4.78, 5) is 12.7. The van der Waals surface area contributed by atoms with E-state index in [1.807, 2.05) is 36.4 Å². The third kappa shape index (κ3) is 4.16. The van der Waals surface area contributed by atoms with E-state index in [1.54, 1.807) is 14.2 Å². The van der Waals surface area contributed by atoms with Gasteiger partial charge in [0.25, 0.3) is 0 Å². The number of carbonyl (C=O) groups excluding carboxylic acids is 1. The predicted molar refractivity (Wildman–Crippen MR) is 117 cm³/mol. The molecule has 1 aliphatic carbocycles. The van der Waals surface area contributed by atoms with E-state index in [1.165, 1.54) is 12.0 Å². The van der Waals surface area contributed by atoms with Crippen LogP contribution < -0.4 is 14.8 Å². The molecule has 30 heavy (non-hydrogen) atoms. The Kier molecular flexibility index (Phi) is 5.98. The van der Waals surface area contributed by atoms with Crippen LogP contribution in [0.5, 0.6) is 11.5 Å². The van der Waals surface area contributed by atoms with Gasteiger partial charge >= 0.3 is 0 Å². The summed E-state index contributed by atoms with van der Waals surface area (Å²) in [5.41, 5.74) is 1.93. The van der Waals surface area contributed by atoms with Gasteiger partial charge in [-0.3, -0.25) is 4.79 Å². The van der Waals surface area contributed by atoms with Gasteiger partial charge in [0.1, 0.15) is 11.3 Å². The zero-order valence-electron chi connectivity index (χ0n) is 17.7. The van der Waals surface area contributed by atoms with Gasteiger partial charge in [0.05, 0.1) is 20.6 Å². The summed E-state index contributed by atoms with van der Waals surface area (Å²) in [5, 5.41) is 4.20. The van der Waals surface area contributed by atoms with Crippen molar-refractivity contribution in [1.29, 1.82) is 0 Å². The molecule has 4 rings (SSSR count). The summed E-state index contributed by atoms with van der Waals surface area (Å²) < 4.78 is 16.7. The highest BCUT2D eigenvalue weighted by Gasteiger charge is 2.35. The smallest absolute Gasteiger partial charge is 0.227 e. The Balaban J connectivity index is 1.49. The van der Waals surface area contributed by atoms with E-state index < -0.39 is 0 Å². The van der Waals surface area contributed by atoms with Crippen molar-refractivity contribution in [2.24, 2.45) is 0 Å². The molecular weight excluding hydrogens is 378 g/mol. The summed E-state index contributed by atoms with van der Waals surface area (Å²) in [6.45, 7) is 0.613. The first-order valence-corrected chi connectivity index (χ1v) is 10.6. The molecule has 1 heterocycles. The van der Waals surface area contributed by atoms with Crippen molar-refractivity contribution >= 4 is 16.9 Å². The average Bonchev–Trinajstić information content (AvgIpc) is 3.20. The summed E-state index contributed by atoms with van der Waals surface area (Å²) in [5.74, 6) is 2.13. The lowest BCUT2D eigenvalue weighted by Gasteiger charge is -2.38. The fraction of sp³-hybridized carbons (Fsp3) is 0.400. The van der Waals surface area contributed by atoms with Crippen LogP contribution in [0.4, 0.5) is 0 Å². The maximum Gasteiger partial charge on any atom is 0.227 e. The van der Waals surface area contributed by atoms with Crippen LogP contribution >= 0.6 is 0 Å². The highest BCUT2D eigenvalue weighted by molar-refractivity contribution is 5.82. The molecule has 0 atom stereocenters. The van der Waals surface area contributed by atoms with Crippen molar-refractivity contribution in [2.45, 2.75) is 43.9 Å².